The minimum Gasteiger partial charge on any atom is -0.481 e. The summed E-state index contributed by atoms with van der Waals surface area (Å²) < 4.78 is 20.0. The van der Waals surface area contributed by atoms with Crippen molar-refractivity contribution in [1.82, 2.24) is 0 Å². The van der Waals surface area contributed by atoms with E-state index in [1.165, 1.54) is 6.08 Å². The van der Waals surface area contributed by atoms with E-state index in [9.17, 15) is 24.2 Å². The molecule has 1 heterocycles. The topological polar surface area (TPSA) is 104 Å². The number of carbonyl (C=O) groups is 2. The van der Waals surface area contributed by atoms with Crippen molar-refractivity contribution in [2.45, 2.75) is 89.2 Å². The molecule has 2 fully saturated rings. The molecule has 6 nitrogen and oxygen atoms in total. The number of halogens is 1. The third-order valence-corrected chi connectivity index (χ3v) is 6.04. The van der Waals surface area contributed by atoms with Crippen molar-refractivity contribution >= 4 is 11.9 Å². The Morgan fingerprint density at radius 1 is 1.21 bits per heavy atom. The van der Waals surface area contributed by atoms with Gasteiger partial charge in [-0.15, -0.1) is 0 Å². The van der Waals surface area contributed by atoms with Crippen molar-refractivity contribution < 1.29 is 34.0 Å². The largest absolute Gasteiger partial charge is 0.481 e. The molecule has 0 aromatic rings. The molecule has 1 aliphatic carbocycles. The van der Waals surface area contributed by atoms with Gasteiger partial charge in [-0.3, -0.25) is 9.59 Å². The van der Waals surface area contributed by atoms with Crippen LogP contribution >= 0.6 is 0 Å². The molecule has 1 saturated heterocycles. The van der Waals surface area contributed by atoms with E-state index in [0.29, 0.717) is 25.7 Å². The summed E-state index contributed by atoms with van der Waals surface area (Å²) in [6, 6.07) is 0. The molecule has 3 N–H and O–H groups in total. The van der Waals surface area contributed by atoms with E-state index in [-0.39, 0.29) is 30.5 Å². The van der Waals surface area contributed by atoms with Crippen LogP contribution in [-0.4, -0.2) is 51.7 Å². The zero-order valence-corrected chi connectivity index (χ0v) is 16.5. The number of aliphatic carboxylic acids is 2. The molecule has 2 unspecified atom stereocenters. The van der Waals surface area contributed by atoms with E-state index in [2.05, 4.69) is 0 Å². The lowest BCUT2D eigenvalue weighted by Gasteiger charge is -2.19. The maximum atomic E-state index is 14.0. The summed E-state index contributed by atoms with van der Waals surface area (Å²) in [5, 5.41) is 28.3. The second-order valence-electron chi connectivity index (χ2n) is 8.13. The minimum atomic E-state index is -1.33. The molecule has 1 aliphatic heterocycles. The molecule has 7 heteroatoms. The Morgan fingerprint density at radius 3 is 2.61 bits per heavy atom. The molecular weight excluding hydrogens is 367 g/mol. The standard InChI is InChI=1S/C21H33FO6/c1-2-3-7-17(22)18(23)10-9-14-15-11-13(6-4-5-8-20(24)25)28-19(15)12-16(14)21(26)27/h9-10,13-19,23H,2-8,11-12H2,1H3,(H,24,25)(H,26,27)/b10-9+/t13-,14-,15+,16+,17?,18+,19?/m0/s1. The van der Waals surface area contributed by atoms with Crippen LogP contribution in [0.2, 0.25) is 0 Å². The normalized spacial score (nSPS) is 31.8. The van der Waals surface area contributed by atoms with E-state index < -0.39 is 30.1 Å². The molecule has 1 saturated carbocycles. The van der Waals surface area contributed by atoms with Crippen molar-refractivity contribution in [3.05, 3.63) is 12.2 Å². The smallest absolute Gasteiger partial charge is 0.307 e. The van der Waals surface area contributed by atoms with Gasteiger partial charge in [0.2, 0.25) is 0 Å². The van der Waals surface area contributed by atoms with Crippen LogP contribution in [0.1, 0.15) is 64.7 Å². The number of rotatable bonds is 12. The number of hydrogen-bond acceptors (Lipinski definition) is 4. The summed E-state index contributed by atoms with van der Waals surface area (Å²) in [4.78, 5) is 22.2. The average Bonchev–Trinajstić information content (AvgIpc) is 3.18. The summed E-state index contributed by atoms with van der Waals surface area (Å²) in [6.45, 7) is 1.96. The molecule has 28 heavy (non-hydrogen) atoms. The van der Waals surface area contributed by atoms with Crippen LogP contribution < -0.4 is 0 Å². The molecule has 7 atom stereocenters. The van der Waals surface area contributed by atoms with Gasteiger partial charge >= 0.3 is 11.9 Å². The number of alkyl halides is 1. The molecule has 0 bridgehead atoms. The number of carboxylic acids is 2. The summed E-state index contributed by atoms with van der Waals surface area (Å²) in [7, 11) is 0. The molecule has 0 radical (unpaired) electrons. The molecule has 0 amide bonds. The quantitative estimate of drug-likeness (QED) is 0.342. The summed E-state index contributed by atoms with van der Waals surface area (Å²) in [6.07, 6.45) is 5.70. The Balaban J connectivity index is 1.92. The monoisotopic (exact) mass is 400 g/mol. The Labute approximate surface area is 165 Å². The van der Waals surface area contributed by atoms with E-state index in [1.54, 1.807) is 6.08 Å². The van der Waals surface area contributed by atoms with Crippen molar-refractivity contribution in [3.63, 3.8) is 0 Å². The lowest BCUT2D eigenvalue weighted by atomic mass is 9.85. The Kier molecular flexibility index (Phi) is 8.89. The fourth-order valence-corrected chi connectivity index (χ4v) is 4.51. The first kappa shape index (κ1) is 22.8. The number of aliphatic hydroxyl groups is 1. The van der Waals surface area contributed by atoms with Crippen LogP contribution in [-0.2, 0) is 14.3 Å². The highest BCUT2D eigenvalue weighted by Gasteiger charge is 2.50. The highest BCUT2D eigenvalue weighted by atomic mass is 19.1. The molecule has 160 valence electrons. The van der Waals surface area contributed by atoms with E-state index in [1.807, 2.05) is 6.92 Å². The number of aliphatic hydroxyl groups excluding tert-OH is 1. The number of hydrogen-bond donors (Lipinski definition) is 3. The van der Waals surface area contributed by atoms with Gasteiger partial charge in [-0.1, -0.05) is 38.3 Å². The van der Waals surface area contributed by atoms with Gasteiger partial charge in [-0.25, -0.2) is 4.39 Å². The van der Waals surface area contributed by atoms with Crippen LogP contribution in [0.3, 0.4) is 0 Å². The Hall–Kier alpha value is -1.47. The molecule has 2 aliphatic rings. The van der Waals surface area contributed by atoms with Gasteiger partial charge in [0.1, 0.15) is 12.3 Å². The number of fused-ring (bicyclic) bond motifs is 1. The zero-order valence-electron chi connectivity index (χ0n) is 16.5. The molecule has 0 aromatic heterocycles. The highest BCUT2D eigenvalue weighted by Crippen LogP contribution is 2.48. The van der Waals surface area contributed by atoms with Gasteiger partial charge < -0.3 is 20.1 Å². The SMILES string of the molecule is CCCCC(F)[C@H](O)/C=C/[C@@H]1[C@H](C(=O)O)CC2O[C@@H](CCCCC(=O)O)C[C@@H]21. The van der Waals surface area contributed by atoms with Crippen molar-refractivity contribution in [3.8, 4) is 0 Å². The van der Waals surface area contributed by atoms with E-state index in [4.69, 9.17) is 9.84 Å². The first-order chi connectivity index (χ1) is 13.3. The van der Waals surface area contributed by atoms with Gasteiger partial charge in [0, 0.05) is 6.42 Å². The number of allylic oxidation sites excluding steroid dienone is 1. The third-order valence-electron chi connectivity index (χ3n) is 6.04. The molecule has 0 aromatic carbocycles. The highest BCUT2D eigenvalue weighted by molar-refractivity contribution is 5.71. The van der Waals surface area contributed by atoms with Gasteiger partial charge in [0.25, 0.3) is 0 Å². The van der Waals surface area contributed by atoms with Crippen LogP contribution in [0.4, 0.5) is 4.39 Å². The predicted octanol–water partition coefficient (Wildman–Crippen LogP) is 3.57. The molecular formula is C21H33FO6. The lowest BCUT2D eigenvalue weighted by Crippen LogP contribution is -2.24. The van der Waals surface area contributed by atoms with Crippen molar-refractivity contribution in [2.75, 3.05) is 0 Å². The van der Waals surface area contributed by atoms with Crippen LogP contribution in [0.5, 0.6) is 0 Å². The second-order valence-corrected chi connectivity index (χ2v) is 8.13. The fourth-order valence-electron chi connectivity index (χ4n) is 4.51. The first-order valence-corrected chi connectivity index (χ1v) is 10.4. The summed E-state index contributed by atoms with van der Waals surface area (Å²) in [5.74, 6) is -2.51. The molecule has 2 rings (SSSR count). The van der Waals surface area contributed by atoms with Gasteiger partial charge in [0.15, 0.2) is 0 Å². The van der Waals surface area contributed by atoms with Gasteiger partial charge in [-0.05, 0) is 43.9 Å². The number of ether oxygens (including phenoxy) is 1. The number of unbranched alkanes of at least 4 members (excludes halogenated alkanes) is 2. The summed E-state index contributed by atoms with van der Waals surface area (Å²) in [5.41, 5.74) is 0. The van der Waals surface area contributed by atoms with Crippen LogP contribution in [0.25, 0.3) is 0 Å². The second kappa shape index (κ2) is 10.9. The fraction of sp³-hybridized carbons (Fsp3) is 0.810. The Morgan fingerprint density at radius 2 is 1.96 bits per heavy atom. The Bertz CT molecular complexity index is 551. The third kappa shape index (κ3) is 6.27. The predicted molar refractivity (Wildman–Crippen MR) is 102 cm³/mol. The maximum Gasteiger partial charge on any atom is 0.307 e. The first-order valence-electron chi connectivity index (χ1n) is 10.4. The van der Waals surface area contributed by atoms with Crippen molar-refractivity contribution in [2.24, 2.45) is 17.8 Å². The minimum absolute atomic E-state index is 0.0119. The lowest BCUT2D eigenvalue weighted by molar-refractivity contribution is -0.143. The van der Waals surface area contributed by atoms with Crippen LogP contribution in [0, 0.1) is 17.8 Å². The van der Waals surface area contributed by atoms with E-state index >= 15 is 0 Å². The maximum absolute atomic E-state index is 14.0. The zero-order chi connectivity index (χ0) is 20.7. The number of carboxylic acid groups (broad SMARTS) is 2. The average molecular weight is 400 g/mol. The van der Waals surface area contributed by atoms with Gasteiger partial charge in [0.05, 0.1) is 18.1 Å². The molecule has 0 spiro atoms. The van der Waals surface area contributed by atoms with E-state index in [0.717, 1.165) is 25.7 Å². The summed E-state index contributed by atoms with van der Waals surface area (Å²) >= 11 is 0. The van der Waals surface area contributed by atoms with Crippen molar-refractivity contribution in [1.29, 1.82) is 0 Å². The van der Waals surface area contributed by atoms with Gasteiger partial charge in [-0.2, -0.15) is 0 Å². The van der Waals surface area contributed by atoms with Crippen LogP contribution in [0.15, 0.2) is 12.2 Å².